The van der Waals surface area contributed by atoms with E-state index in [1.807, 2.05) is 0 Å². The molecule has 0 aliphatic heterocycles. The van der Waals surface area contributed by atoms with Gasteiger partial charge in [0, 0.05) is 34.2 Å². The summed E-state index contributed by atoms with van der Waals surface area (Å²) < 4.78 is 0. The Bertz CT molecular complexity index is 299. The maximum atomic E-state index is 9.91. The summed E-state index contributed by atoms with van der Waals surface area (Å²) in [6.07, 6.45) is 0. The molecule has 0 saturated heterocycles. The third-order valence-electron chi connectivity index (χ3n) is 1.84. The minimum atomic E-state index is -1.01. The summed E-state index contributed by atoms with van der Waals surface area (Å²) in [5.74, 6) is -3.02. The van der Waals surface area contributed by atoms with Crippen LogP contribution in [0.1, 0.15) is 62.3 Å². The van der Waals surface area contributed by atoms with Gasteiger partial charge in [-0.15, -0.1) is 0 Å². The quantitative estimate of drug-likeness (QED) is 0.530. The minimum Gasteiger partial charge on any atom is -0.550 e. The van der Waals surface area contributed by atoms with E-state index >= 15 is 0 Å². The van der Waals surface area contributed by atoms with Gasteiger partial charge in [0.05, 0.1) is 0 Å². The summed E-state index contributed by atoms with van der Waals surface area (Å²) in [4.78, 5) is 29.7. The molecule has 0 aromatic heterocycles. The zero-order valence-electron chi connectivity index (χ0n) is 14.8. The number of aliphatic carboxylic acids is 3. The topological polar surface area (TPSA) is 120 Å². The molecular formula is C15H27FeO6. The second kappa shape index (κ2) is 10.6. The zero-order valence-corrected chi connectivity index (χ0v) is 15.9. The molecule has 0 unspecified atom stereocenters. The van der Waals surface area contributed by atoms with Crippen molar-refractivity contribution >= 4 is 17.9 Å². The van der Waals surface area contributed by atoms with Crippen LogP contribution in [0.4, 0.5) is 0 Å². The minimum absolute atomic E-state index is 0. The summed E-state index contributed by atoms with van der Waals surface area (Å²) in [6, 6.07) is 0. The molecule has 131 valence electrons. The van der Waals surface area contributed by atoms with Gasteiger partial charge < -0.3 is 29.7 Å². The van der Waals surface area contributed by atoms with Gasteiger partial charge in [-0.3, -0.25) is 0 Å². The molecule has 6 nitrogen and oxygen atoms in total. The number of hydrogen-bond donors (Lipinski definition) is 0. The van der Waals surface area contributed by atoms with Gasteiger partial charge in [0.1, 0.15) is 0 Å². The zero-order chi connectivity index (χ0) is 18.2. The van der Waals surface area contributed by atoms with Gasteiger partial charge in [0.15, 0.2) is 0 Å². The van der Waals surface area contributed by atoms with Crippen molar-refractivity contribution in [3.05, 3.63) is 0 Å². The number of carbonyl (C=O) groups is 3. The number of carbonyl (C=O) groups excluding carboxylic acids is 3. The van der Waals surface area contributed by atoms with Crippen LogP contribution in [0.25, 0.3) is 0 Å². The molecule has 0 aromatic rings. The van der Waals surface area contributed by atoms with Crippen LogP contribution in [0.5, 0.6) is 0 Å². The van der Waals surface area contributed by atoms with Crippen LogP contribution < -0.4 is 15.3 Å². The van der Waals surface area contributed by atoms with E-state index in [0.29, 0.717) is 0 Å². The first-order chi connectivity index (χ1) is 8.83. The van der Waals surface area contributed by atoms with Crippen molar-refractivity contribution in [2.75, 3.05) is 0 Å². The van der Waals surface area contributed by atoms with E-state index in [1.54, 1.807) is 62.3 Å². The van der Waals surface area contributed by atoms with Gasteiger partial charge in [-0.05, 0) is 0 Å². The molecule has 0 rings (SSSR count). The number of carboxylic acid groups (broad SMARTS) is 3. The molecule has 0 spiro atoms. The van der Waals surface area contributed by atoms with Crippen molar-refractivity contribution < 1.29 is 46.8 Å². The van der Waals surface area contributed by atoms with Gasteiger partial charge in [-0.25, -0.2) is 0 Å². The van der Waals surface area contributed by atoms with Crippen LogP contribution in [0.2, 0.25) is 0 Å². The van der Waals surface area contributed by atoms with E-state index in [-0.39, 0.29) is 17.1 Å². The third-order valence-corrected chi connectivity index (χ3v) is 1.84. The Balaban J connectivity index is -0.000000108. The maximum absolute atomic E-state index is 9.91. The first-order valence-corrected chi connectivity index (χ1v) is 6.47. The summed E-state index contributed by atoms with van der Waals surface area (Å²) in [7, 11) is 0. The van der Waals surface area contributed by atoms with Crippen molar-refractivity contribution in [3.8, 4) is 0 Å². The van der Waals surface area contributed by atoms with Crippen molar-refractivity contribution in [3.63, 3.8) is 0 Å². The van der Waals surface area contributed by atoms with Crippen molar-refractivity contribution in [1.29, 1.82) is 0 Å². The van der Waals surface area contributed by atoms with Crippen LogP contribution in [0.3, 0.4) is 0 Å². The molecule has 0 aliphatic carbocycles. The number of rotatable bonds is 0. The Kier molecular flexibility index (Phi) is 14.0. The Morgan fingerprint density at radius 3 is 0.545 bits per heavy atom. The second-order valence-electron chi connectivity index (χ2n) is 7.61. The van der Waals surface area contributed by atoms with Crippen molar-refractivity contribution in [1.82, 2.24) is 0 Å². The standard InChI is InChI=1S/3C5H10O2.Fe/c3*1-5(2,3)4(6)7;/h3*1-3H3,(H,6,7);/q;;;+3/p-3. The fraction of sp³-hybridized carbons (Fsp3) is 0.800. The van der Waals surface area contributed by atoms with Gasteiger partial charge in [-0.2, -0.15) is 0 Å². The van der Waals surface area contributed by atoms with Gasteiger partial charge in [0.2, 0.25) is 0 Å². The molecule has 0 amide bonds. The van der Waals surface area contributed by atoms with Crippen molar-refractivity contribution in [2.24, 2.45) is 16.2 Å². The molecule has 0 atom stereocenters. The summed E-state index contributed by atoms with van der Waals surface area (Å²) in [5, 5.41) is 29.7. The van der Waals surface area contributed by atoms with Crippen LogP contribution in [-0.4, -0.2) is 17.9 Å². The fourth-order valence-corrected chi connectivity index (χ4v) is 0. The summed E-state index contributed by atoms with van der Waals surface area (Å²) >= 11 is 0. The fourth-order valence-electron chi connectivity index (χ4n) is 0. The largest absolute Gasteiger partial charge is 3.00 e. The SMILES string of the molecule is CC(C)(C)C(=O)[O-].CC(C)(C)C(=O)[O-].CC(C)(C)C(=O)[O-].[Fe+3]. The monoisotopic (exact) mass is 359 g/mol. The molecule has 0 N–H and O–H groups in total. The molecule has 0 bridgehead atoms. The van der Waals surface area contributed by atoms with Crippen LogP contribution in [0, 0.1) is 16.2 Å². The second-order valence-corrected chi connectivity index (χ2v) is 7.61. The number of carboxylic acids is 3. The van der Waals surface area contributed by atoms with Gasteiger partial charge in [0.25, 0.3) is 0 Å². The molecule has 0 aliphatic rings. The van der Waals surface area contributed by atoms with E-state index in [1.165, 1.54) is 0 Å². The molecular weight excluding hydrogens is 332 g/mol. The first kappa shape index (κ1) is 29.0. The average molecular weight is 359 g/mol. The molecule has 0 aromatic carbocycles. The van der Waals surface area contributed by atoms with E-state index < -0.39 is 34.2 Å². The molecule has 0 fully saturated rings. The van der Waals surface area contributed by atoms with Crippen LogP contribution >= 0.6 is 0 Å². The summed E-state index contributed by atoms with van der Waals surface area (Å²) in [6.45, 7) is 14.4. The molecule has 22 heavy (non-hydrogen) atoms. The average Bonchev–Trinajstić information content (AvgIpc) is 2.14. The Morgan fingerprint density at radius 2 is 0.545 bits per heavy atom. The van der Waals surface area contributed by atoms with E-state index in [0.717, 1.165) is 0 Å². The van der Waals surface area contributed by atoms with Crippen LogP contribution in [0.15, 0.2) is 0 Å². The summed E-state index contributed by atoms with van der Waals surface area (Å²) in [5.41, 5.74) is -2.08. The predicted octanol–water partition coefficient (Wildman–Crippen LogP) is -0.655. The van der Waals surface area contributed by atoms with E-state index in [2.05, 4.69) is 0 Å². The van der Waals surface area contributed by atoms with Crippen molar-refractivity contribution in [2.45, 2.75) is 62.3 Å². The first-order valence-electron chi connectivity index (χ1n) is 6.47. The maximum Gasteiger partial charge on any atom is 3.00 e. The third kappa shape index (κ3) is 21.2. The normalized spacial score (nSPS) is 10.8. The Labute approximate surface area is 143 Å². The number of hydrogen-bond acceptors (Lipinski definition) is 6. The molecule has 7 heteroatoms. The van der Waals surface area contributed by atoms with Crippen LogP contribution in [-0.2, 0) is 31.5 Å². The molecule has 1 radical (unpaired) electrons. The Morgan fingerprint density at radius 1 is 0.500 bits per heavy atom. The van der Waals surface area contributed by atoms with Gasteiger partial charge >= 0.3 is 17.1 Å². The predicted molar refractivity (Wildman–Crippen MR) is 73.4 cm³/mol. The van der Waals surface area contributed by atoms with E-state index in [4.69, 9.17) is 0 Å². The smallest absolute Gasteiger partial charge is 0.550 e. The molecule has 0 saturated carbocycles. The van der Waals surface area contributed by atoms with Gasteiger partial charge in [-0.1, -0.05) is 62.3 Å². The molecule has 0 heterocycles. The Hall–Kier alpha value is -1.07. The van der Waals surface area contributed by atoms with E-state index in [9.17, 15) is 29.7 Å².